The van der Waals surface area contributed by atoms with Crippen LogP contribution in [0.15, 0.2) is 66.7 Å². The van der Waals surface area contributed by atoms with E-state index < -0.39 is 0 Å². The lowest BCUT2D eigenvalue weighted by molar-refractivity contribution is -0.118. The van der Waals surface area contributed by atoms with E-state index >= 15 is 0 Å². The number of nitrogens with one attached hydrogen (secondary N) is 1. The van der Waals surface area contributed by atoms with E-state index in [0.29, 0.717) is 11.4 Å². The van der Waals surface area contributed by atoms with Crippen molar-refractivity contribution in [2.45, 2.75) is 0 Å². The molecule has 0 unspecified atom stereocenters. The highest BCUT2D eigenvalue weighted by Crippen LogP contribution is 2.25. The second-order valence-corrected chi connectivity index (χ2v) is 4.86. The summed E-state index contributed by atoms with van der Waals surface area (Å²) in [5.74, 6) is 0.586. The number of carbonyl (C=O) groups is 1. The Morgan fingerprint density at radius 1 is 0.955 bits per heavy atom. The third kappa shape index (κ3) is 3.17. The molecule has 0 aliphatic heterocycles. The molecule has 0 spiro atoms. The van der Waals surface area contributed by atoms with Crippen LogP contribution < -0.4 is 10.1 Å². The molecular weight excluding hydrogens is 278 g/mol. The van der Waals surface area contributed by atoms with Crippen LogP contribution >= 0.6 is 0 Å². The zero-order chi connectivity index (χ0) is 15.4. The van der Waals surface area contributed by atoms with Crippen molar-refractivity contribution in [2.75, 3.05) is 11.9 Å². The van der Waals surface area contributed by atoms with Gasteiger partial charge < -0.3 is 15.2 Å². The molecule has 3 aromatic carbocycles. The van der Waals surface area contributed by atoms with E-state index in [-0.39, 0.29) is 18.3 Å². The zero-order valence-electron chi connectivity index (χ0n) is 11.8. The van der Waals surface area contributed by atoms with Gasteiger partial charge in [-0.1, -0.05) is 36.4 Å². The lowest BCUT2D eigenvalue weighted by Crippen LogP contribution is -2.20. The third-order valence-electron chi connectivity index (χ3n) is 3.26. The number of ether oxygens (including phenoxy) is 1. The van der Waals surface area contributed by atoms with Crippen LogP contribution in [0.1, 0.15) is 0 Å². The Balaban J connectivity index is 1.66. The van der Waals surface area contributed by atoms with Crippen LogP contribution in [0.4, 0.5) is 5.69 Å². The maximum absolute atomic E-state index is 11.9. The predicted molar refractivity (Wildman–Crippen MR) is 86.2 cm³/mol. The summed E-state index contributed by atoms with van der Waals surface area (Å²) >= 11 is 0. The first-order valence-corrected chi connectivity index (χ1v) is 6.92. The number of phenols is 1. The number of phenolic OH excluding ortho intramolecular Hbond substituents is 1. The number of amides is 1. The van der Waals surface area contributed by atoms with Crippen molar-refractivity contribution >= 4 is 22.4 Å². The molecule has 1 amide bonds. The number of hydrogen-bond acceptors (Lipinski definition) is 3. The van der Waals surface area contributed by atoms with Gasteiger partial charge in [0, 0.05) is 11.1 Å². The highest BCUT2D eigenvalue weighted by Gasteiger charge is 2.06. The number of rotatable bonds is 4. The fourth-order valence-corrected chi connectivity index (χ4v) is 2.21. The van der Waals surface area contributed by atoms with E-state index in [1.165, 1.54) is 12.1 Å². The largest absolute Gasteiger partial charge is 0.508 e. The van der Waals surface area contributed by atoms with Gasteiger partial charge in [0.05, 0.1) is 0 Å². The van der Waals surface area contributed by atoms with E-state index in [1.807, 2.05) is 42.5 Å². The quantitative estimate of drug-likeness (QED) is 0.723. The molecule has 3 aromatic rings. The molecular formula is C18H15NO3. The molecule has 0 aliphatic carbocycles. The van der Waals surface area contributed by atoms with Crippen LogP contribution in [-0.4, -0.2) is 17.6 Å². The molecule has 4 heteroatoms. The SMILES string of the molecule is O=C(COc1cccc2ccccc12)Nc1ccc(O)cc1. The van der Waals surface area contributed by atoms with E-state index in [2.05, 4.69) is 5.32 Å². The minimum atomic E-state index is -0.251. The first-order valence-electron chi connectivity index (χ1n) is 6.92. The Hall–Kier alpha value is -3.01. The molecule has 0 saturated heterocycles. The maximum Gasteiger partial charge on any atom is 0.262 e. The zero-order valence-corrected chi connectivity index (χ0v) is 11.8. The van der Waals surface area contributed by atoms with Crippen LogP contribution in [0, 0.1) is 0 Å². The summed E-state index contributed by atoms with van der Waals surface area (Å²) in [4.78, 5) is 11.9. The summed E-state index contributed by atoms with van der Waals surface area (Å²) in [6, 6.07) is 19.9. The van der Waals surface area contributed by atoms with Gasteiger partial charge in [-0.05, 0) is 35.7 Å². The molecule has 110 valence electrons. The molecule has 0 atom stereocenters. The van der Waals surface area contributed by atoms with Gasteiger partial charge in [-0.2, -0.15) is 0 Å². The summed E-state index contributed by atoms with van der Waals surface area (Å²) in [6.07, 6.45) is 0. The average Bonchev–Trinajstić information content (AvgIpc) is 2.55. The summed E-state index contributed by atoms with van der Waals surface area (Å²) < 4.78 is 5.62. The van der Waals surface area contributed by atoms with Crippen LogP contribution in [0.3, 0.4) is 0 Å². The van der Waals surface area contributed by atoms with Crippen LogP contribution in [0.5, 0.6) is 11.5 Å². The van der Waals surface area contributed by atoms with Crippen molar-refractivity contribution in [3.8, 4) is 11.5 Å². The van der Waals surface area contributed by atoms with Crippen molar-refractivity contribution in [1.82, 2.24) is 0 Å². The van der Waals surface area contributed by atoms with E-state index in [1.54, 1.807) is 12.1 Å². The fraction of sp³-hybridized carbons (Fsp3) is 0.0556. The topological polar surface area (TPSA) is 58.6 Å². The summed E-state index contributed by atoms with van der Waals surface area (Å²) in [7, 11) is 0. The highest BCUT2D eigenvalue weighted by molar-refractivity contribution is 5.93. The summed E-state index contributed by atoms with van der Waals surface area (Å²) in [5, 5.41) is 14.0. The number of hydrogen-bond donors (Lipinski definition) is 2. The number of carbonyl (C=O) groups excluding carboxylic acids is 1. The van der Waals surface area contributed by atoms with Crippen LogP contribution in [0.25, 0.3) is 10.8 Å². The number of benzene rings is 3. The van der Waals surface area contributed by atoms with Gasteiger partial charge in [0.25, 0.3) is 5.91 Å². The molecule has 22 heavy (non-hydrogen) atoms. The first kappa shape index (κ1) is 13.9. The molecule has 0 bridgehead atoms. The lowest BCUT2D eigenvalue weighted by atomic mass is 10.1. The van der Waals surface area contributed by atoms with Crippen molar-refractivity contribution in [2.24, 2.45) is 0 Å². The van der Waals surface area contributed by atoms with Gasteiger partial charge in [0.15, 0.2) is 6.61 Å². The standard InChI is InChI=1S/C18H15NO3/c20-15-10-8-14(9-11-15)19-18(21)12-22-17-7-3-5-13-4-1-2-6-16(13)17/h1-11,20H,12H2,(H,19,21). The molecule has 2 N–H and O–H groups in total. The van der Waals surface area contributed by atoms with E-state index in [4.69, 9.17) is 4.74 Å². The molecule has 0 heterocycles. The number of aromatic hydroxyl groups is 1. The fourth-order valence-electron chi connectivity index (χ4n) is 2.21. The van der Waals surface area contributed by atoms with Crippen molar-refractivity contribution < 1.29 is 14.6 Å². The Morgan fingerprint density at radius 3 is 2.50 bits per heavy atom. The monoisotopic (exact) mass is 293 g/mol. The minimum absolute atomic E-state index is 0.0745. The van der Waals surface area contributed by atoms with Crippen molar-refractivity contribution in [3.05, 3.63) is 66.7 Å². The van der Waals surface area contributed by atoms with Gasteiger partial charge >= 0.3 is 0 Å². The van der Waals surface area contributed by atoms with Crippen molar-refractivity contribution in [1.29, 1.82) is 0 Å². The van der Waals surface area contributed by atoms with Crippen LogP contribution in [-0.2, 0) is 4.79 Å². The van der Waals surface area contributed by atoms with Gasteiger partial charge in [0.1, 0.15) is 11.5 Å². The Bertz CT molecular complexity index is 792. The second kappa shape index (κ2) is 6.18. The highest BCUT2D eigenvalue weighted by atomic mass is 16.5. The lowest BCUT2D eigenvalue weighted by Gasteiger charge is -2.10. The summed E-state index contributed by atoms with van der Waals surface area (Å²) in [5.41, 5.74) is 0.615. The Kier molecular flexibility index (Phi) is 3.92. The minimum Gasteiger partial charge on any atom is -0.508 e. The average molecular weight is 293 g/mol. The summed E-state index contributed by atoms with van der Waals surface area (Å²) in [6.45, 7) is -0.0745. The molecule has 0 saturated carbocycles. The third-order valence-corrected chi connectivity index (χ3v) is 3.26. The maximum atomic E-state index is 11.9. The Labute approximate surface area is 128 Å². The second-order valence-electron chi connectivity index (χ2n) is 4.86. The molecule has 4 nitrogen and oxygen atoms in total. The van der Waals surface area contributed by atoms with Gasteiger partial charge in [-0.25, -0.2) is 0 Å². The molecule has 3 rings (SSSR count). The number of fused-ring (bicyclic) bond motifs is 1. The van der Waals surface area contributed by atoms with E-state index in [9.17, 15) is 9.90 Å². The number of anilines is 1. The van der Waals surface area contributed by atoms with Crippen LogP contribution in [0.2, 0.25) is 0 Å². The molecule has 0 radical (unpaired) electrons. The van der Waals surface area contributed by atoms with Crippen molar-refractivity contribution in [3.63, 3.8) is 0 Å². The van der Waals surface area contributed by atoms with Gasteiger partial charge in [-0.15, -0.1) is 0 Å². The normalized spacial score (nSPS) is 10.4. The Morgan fingerprint density at radius 2 is 1.68 bits per heavy atom. The molecule has 0 aliphatic rings. The van der Waals surface area contributed by atoms with Gasteiger partial charge in [-0.3, -0.25) is 4.79 Å². The molecule has 0 aromatic heterocycles. The predicted octanol–water partition coefficient (Wildman–Crippen LogP) is 3.56. The van der Waals surface area contributed by atoms with Gasteiger partial charge in [0.2, 0.25) is 0 Å². The van der Waals surface area contributed by atoms with E-state index in [0.717, 1.165) is 10.8 Å². The molecule has 0 fully saturated rings. The smallest absolute Gasteiger partial charge is 0.262 e. The first-order chi connectivity index (χ1) is 10.7.